The topological polar surface area (TPSA) is 21.3 Å². The van der Waals surface area contributed by atoms with Crippen molar-refractivity contribution in [2.24, 2.45) is 11.8 Å². The summed E-state index contributed by atoms with van der Waals surface area (Å²) in [5.41, 5.74) is 2.42. The molecule has 2 heteroatoms. The predicted octanol–water partition coefficient (Wildman–Crippen LogP) is 3.60. The van der Waals surface area contributed by atoms with E-state index in [2.05, 4.69) is 30.4 Å². The third kappa shape index (κ3) is 2.41. The van der Waals surface area contributed by atoms with Crippen molar-refractivity contribution in [2.45, 2.75) is 38.6 Å². The van der Waals surface area contributed by atoms with Gasteiger partial charge in [0, 0.05) is 6.04 Å². The summed E-state index contributed by atoms with van der Waals surface area (Å²) in [5.74, 6) is 2.80. The van der Waals surface area contributed by atoms with Crippen molar-refractivity contribution in [2.75, 3.05) is 12.4 Å². The second-order valence-corrected chi connectivity index (χ2v) is 5.55. The number of hydrogen-bond acceptors (Lipinski definition) is 2. The number of aryl methyl sites for hydroxylation is 1. The Hall–Kier alpha value is -1.18. The van der Waals surface area contributed by atoms with Crippen molar-refractivity contribution in [1.82, 2.24) is 0 Å². The van der Waals surface area contributed by atoms with Crippen LogP contribution >= 0.6 is 0 Å². The van der Waals surface area contributed by atoms with Gasteiger partial charge in [0.1, 0.15) is 5.75 Å². The summed E-state index contributed by atoms with van der Waals surface area (Å²) in [7, 11) is 1.75. The van der Waals surface area contributed by atoms with Gasteiger partial charge in [-0.3, -0.25) is 0 Å². The molecule has 0 spiro atoms. The van der Waals surface area contributed by atoms with Crippen molar-refractivity contribution in [3.05, 3.63) is 23.8 Å². The third-order valence-electron chi connectivity index (χ3n) is 3.94. The van der Waals surface area contributed by atoms with Gasteiger partial charge in [0.2, 0.25) is 0 Å². The zero-order valence-corrected chi connectivity index (χ0v) is 10.7. The first-order valence-corrected chi connectivity index (χ1v) is 6.69. The summed E-state index contributed by atoms with van der Waals surface area (Å²) in [6, 6.07) is 7.11. The van der Waals surface area contributed by atoms with Crippen LogP contribution in [0.5, 0.6) is 5.75 Å². The number of methoxy groups -OCH3 is 1. The summed E-state index contributed by atoms with van der Waals surface area (Å²) in [6.45, 7) is 2.10. The molecular formula is C15H21NO. The van der Waals surface area contributed by atoms with E-state index in [0.717, 1.165) is 17.6 Å². The Morgan fingerprint density at radius 3 is 2.35 bits per heavy atom. The van der Waals surface area contributed by atoms with Gasteiger partial charge in [-0.25, -0.2) is 0 Å². The molecule has 0 atom stereocenters. The molecule has 0 heterocycles. The highest BCUT2D eigenvalue weighted by Crippen LogP contribution is 2.46. The summed E-state index contributed by atoms with van der Waals surface area (Å²) in [5, 5.41) is 3.72. The Morgan fingerprint density at radius 2 is 1.82 bits per heavy atom. The Kier molecular flexibility index (Phi) is 2.73. The molecule has 2 fully saturated rings. The van der Waals surface area contributed by atoms with Crippen molar-refractivity contribution in [3.8, 4) is 5.75 Å². The fourth-order valence-corrected chi connectivity index (χ4v) is 2.63. The molecule has 92 valence electrons. The van der Waals surface area contributed by atoms with Crippen LogP contribution in [0.4, 0.5) is 5.69 Å². The molecule has 2 aliphatic rings. The number of rotatable bonds is 5. The second-order valence-electron chi connectivity index (χ2n) is 5.55. The Balaban J connectivity index is 1.78. The molecule has 2 aliphatic carbocycles. The third-order valence-corrected chi connectivity index (χ3v) is 3.94. The minimum absolute atomic E-state index is 0.687. The van der Waals surface area contributed by atoms with Gasteiger partial charge in [0.15, 0.2) is 0 Å². The van der Waals surface area contributed by atoms with Crippen LogP contribution in [0.1, 0.15) is 31.2 Å². The lowest BCUT2D eigenvalue weighted by atomic mass is 10.1. The molecule has 0 saturated heterocycles. The minimum Gasteiger partial charge on any atom is -0.495 e. The molecule has 2 nitrogen and oxygen atoms in total. The van der Waals surface area contributed by atoms with E-state index < -0.39 is 0 Å². The maximum absolute atomic E-state index is 5.46. The molecule has 0 bridgehead atoms. The molecule has 0 aromatic heterocycles. The molecule has 0 aliphatic heterocycles. The lowest BCUT2D eigenvalue weighted by molar-refractivity contribution is 0.414. The molecule has 2 saturated carbocycles. The molecule has 1 aromatic rings. The standard InChI is InChI=1S/C15H21NO/c1-10-3-8-13(14(9-10)17-2)16-15(11-4-5-11)12-6-7-12/h3,8-9,11-12,15-16H,4-7H2,1-2H3. The largest absolute Gasteiger partial charge is 0.495 e. The normalized spacial score (nSPS) is 19.5. The van der Waals surface area contributed by atoms with Crippen LogP contribution in [0.25, 0.3) is 0 Å². The monoisotopic (exact) mass is 231 g/mol. The maximum atomic E-state index is 5.46. The summed E-state index contributed by atoms with van der Waals surface area (Å²) < 4.78 is 5.46. The highest BCUT2D eigenvalue weighted by atomic mass is 16.5. The fourth-order valence-electron chi connectivity index (χ4n) is 2.63. The molecule has 17 heavy (non-hydrogen) atoms. The van der Waals surface area contributed by atoms with Crippen LogP contribution in [-0.4, -0.2) is 13.2 Å². The van der Waals surface area contributed by atoms with Crippen LogP contribution in [-0.2, 0) is 0 Å². The number of nitrogens with one attached hydrogen (secondary N) is 1. The van der Waals surface area contributed by atoms with E-state index in [1.165, 1.54) is 36.9 Å². The van der Waals surface area contributed by atoms with Crippen LogP contribution in [0.2, 0.25) is 0 Å². The Bertz CT molecular complexity index is 395. The van der Waals surface area contributed by atoms with E-state index >= 15 is 0 Å². The second kappa shape index (κ2) is 4.25. The first-order valence-electron chi connectivity index (χ1n) is 6.69. The van der Waals surface area contributed by atoms with Crippen LogP contribution in [0, 0.1) is 18.8 Å². The van der Waals surface area contributed by atoms with E-state index in [0.29, 0.717) is 6.04 Å². The SMILES string of the molecule is COc1cc(C)ccc1NC(C1CC1)C1CC1. The van der Waals surface area contributed by atoms with Crippen molar-refractivity contribution in [1.29, 1.82) is 0 Å². The van der Waals surface area contributed by atoms with Gasteiger partial charge in [-0.15, -0.1) is 0 Å². The summed E-state index contributed by atoms with van der Waals surface area (Å²) in [4.78, 5) is 0. The van der Waals surface area contributed by atoms with Crippen molar-refractivity contribution >= 4 is 5.69 Å². The average Bonchev–Trinajstić information content (AvgIpc) is 3.17. The van der Waals surface area contributed by atoms with Crippen molar-refractivity contribution < 1.29 is 4.74 Å². The zero-order valence-electron chi connectivity index (χ0n) is 10.7. The van der Waals surface area contributed by atoms with E-state index in [1.807, 2.05) is 0 Å². The Morgan fingerprint density at radius 1 is 1.18 bits per heavy atom. The zero-order chi connectivity index (χ0) is 11.8. The molecular weight excluding hydrogens is 210 g/mol. The van der Waals surface area contributed by atoms with Gasteiger partial charge in [0.05, 0.1) is 12.8 Å². The first kappa shape index (κ1) is 10.9. The lowest BCUT2D eigenvalue weighted by Gasteiger charge is -2.21. The van der Waals surface area contributed by atoms with Gasteiger partial charge in [-0.2, -0.15) is 0 Å². The average molecular weight is 231 g/mol. The number of anilines is 1. The molecule has 0 amide bonds. The quantitative estimate of drug-likeness (QED) is 0.836. The van der Waals surface area contributed by atoms with E-state index in [1.54, 1.807) is 7.11 Å². The van der Waals surface area contributed by atoms with E-state index in [4.69, 9.17) is 4.74 Å². The van der Waals surface area contributed by atoms with Gasteiger partial charge >= 0.3 is 0 Å². The molecule has 3 rings (SSSR count). The summed E-state index contributed by atoms with van der Waals surface area (Å²) in [6.07, 6.45) is 5.62. The minimum atomic E-state index is 0.687. The van der Waals surface area contributed by atoms with E-state index in [9.17, 15) is 0 Å². The lowest BCUT2D eigenvalue weighted by Crippen LogP contribution is -2.24. The van der Waals surface area contributed by atoms with Crippen molar-refractivity contribution in [3.63, 3.8) is 0 Å². The highest BCUT2D eigenvalue weighted by Gasteiger charge is 2.41. The Labute approximate surface area is 103 Å². The number of ether oxygens (including phenoxy) is 1. The van der Waals surface area contributed by atoms with Gasteiger partial charge in [-0.05, 0) is 62.1 Å². The number of benzene rings is 1. The summed E-state index contributed by atoms with van der Waals surface area (Å²) >= 11 is 0. The predicted molar refractivity (Wildman–Crippen MR) is 70.6 cm³/mol. The van der Waals surface area contributed by atoms with Crippen LogP contribution < -0.4 is 10.1 Å². The first-order chi connectivity index (χ1) is 8.28. The van der Waals surface area contributed by atoms with E-state index in [-0.39, 0.29) is 0 Å². The number of hydrogen-bond donors (Lipinski definition) is 1. The van der Waals surface area contributed by atoms with Gasteiger partial charge in [-0.1, -0.05) is 6.07 Å². The van der Waals surface area contributed by atoms with Crippen LogP contribution in [0.3, 0.4) is 0 Å². The molecule has 0 unspecified atom stereocenters. The van der Waals surface area contributed by atoms with Gasteiger partial charge in [0.25, 0.3) is 0 Å². The molecule has 0 radical (unpaired) electrons. The van der Waals surface area contributed by atoms with Crippen LogP contribution in [0.15, 0.2) is 18.2 Å². The fraction of sp³-hybridized carbons (Fsp3) is 0.600. The maximum Gasteiger partial charge on any atom is 0.142 e. The highest BCUT2D eigenvalue weighted by molar-refractivity contribution is 5.58. The molecule has 1 N–H and O–H groups in total. The molecule has 1 aromatic carbocycles. The smallest absolute Gasteiger partial charge is 0.142 e. The van der Waals surface area contributed by atoms with Gasteiger partial charge < -0.3 is 10.1 Å².